The molecule has 1 saturated carbocycles. The van der Waals surface area contributed by atoms with Crippen LogP contribution in [0, 0.1) is 11.7 Å². The first kappa shape index (κ1) is 23.0. The number of halogens is 1. The summed E-state index contributed by atoms with van der Waals surface area (Å²) in [6.45, 7) is 10.2. The van der Waals surface area contributed by atoms with Crippen molar-refractivity contribution in [2.24, 2.45) is 5.92 Å². The number of nitrogens with zero attached hydrogens (tertiary/aromatic N) is 3. The standard InChI is InChI=1S/C24H35FN4O3/c1-16(2)32-22-19(25)6-4-7-20(22)28-14-12-27(13-15-28)10-5-11-29-23(30)17(3)21(24(29)31)26-18-8-9-18/h4,6-7,16-18,21,26H,5,8-15H2,1-3H3. The van der Waals surface area contributed by atoms with E-state index >= 15 is 0 Å². The van der Waals surface area contributed by atoms with Crippen LogP contribution in [-0.2, 0) is 9.59 Å². The van der Waals surface area contributed by atoms with Gasteiger partial charge in [-0.25, -0.2) is 4.39 Å². The zero-order valence-electron chi connectivity index (χ0n) is 19.3. The van der Waals surface area contributed by atoms with Crippen LogP contribution in [0.1, 0.15) is 40.0 Å². The van der Waals surface area contributed by atoms with Crippen molar-refractivity contribution in [3.05, 3.63) is 24.0 Å². The summed E-state index contributed by atoms with van der Waals surface area (Å²) in [5, 5.41) is 3.33. The maximum absolute atomic E-state index is 14.3. The Morgan fingerprint density at radius 3 is 2.47 bits per heavy atom. The van der Waals surface area contributed by atoms with Crippen LogP contribution < -0.4 is 15.0 Å². The van der Waals surface area contributed by atoms with E-state index in [9.17, 15) is 14.0 Å². The zero-order chi connectivity index (χ0) is 22.8. The zero-order valence-corrected chi connectivity index (χ0v) is 19.3. The normalized spacial score (nSPS) is 24.7. The first-order valence-corrected chi connectivity index (χ1v) is 11.9. The number of para-hydroxylation sites is 1. The second-order valence-electron chi connectivity index (χ2n) is 9.47. The Kier molecular flexibility index (Phi) is 7.00. The molecule has 1 N–H and O–H groups in total. The van der Waals surface area contributed by atoms with Crippen molar-refractivity contribution >= 4 is 17.5 Å². The first-order valence-electron chi connectivity index (χ1n) is 11.9. The van der Waals surface area contributed by atoms with Crippen molar-refractivity contribution in [1.29, 1.82) is 0 Å². The number of benzene rings is 1. The quantitative estimate of drug-likeness (QED) is 0.587. The molecule has 2 heterocycles. The van der Waals surface area contributed by atoms with Crippen molar-refractivity contribution in [2.75, 3.05) is 44.2 Å². The Morgan fingerprint density at radius 2 is 1.81 bits per heavy atom. The third-order valence-electron chi connectivity index (χ3n) is 6.55. The fourth-order valence-corrected chi connectivity index (χ4v) is 4.58. The van der Waals surface area contributed by atoms with Crippen LogP contribution in [0.2, 0.25) is 0 Å². The lowest BCUT2D eigenvalue weighted by Crippen LogP contribution is -2.47. The molecule has 8 heteroatoms. The van der Waals surface area contributed by atoms with E-state index in [0.717, 1.165) is 57.7 Å². The SMILES string of the molecule is CC(C)Oc1c(F)cccc1N1CCN(CCCN2C(=O)C(C)C(NC3CC3)C2=O)CC1. The summed E-state index contributed by atoms with van der Waals surface area (Å²) in [4.78, 5) is 31.2. The van der Waals surface area contributed by atoms with Crippen molar-refractivity contribution in [1.82, 2.24) is 15.1 Å². The second-order valence-corrected chi connectivity index (χ2v) is 9.47. The fourth-order valence-electron chi connectivity index (χ4n) is 4.58. The van der Waals surface area contributed by atoms with Gasteiger partial charge in [-0.2, -0.15) is 0 Å². The molecule has 1 aromatic rings. The Labute approximate surface area is 189 Å². The smallest absolute Gasteiger partial charge is 0.247 e. The highest BCUT2D eigenvalue weighted by molar-refractivity contribution is 6.06. The third kappa shape index (κ3) is 5.07. The number of imide groups is 1. The minimum atomic E-state index is -0.355. The summed E-state index contributed by atoms with van der Waals surface area (Å²) in [5.74, 6) is -0.405. The number of amides is 2. The topological polar surface area (TPSA) is 65.1 Å². The first-order chi connectivity index (χ1) is 15.3. The molecule has 2 unspecified atom stereocenters. The number of carbonyl (C=O) groups excluding carboxylic acids is 2. The molecule has 1 aromatic carbocycles. The van der Waals surface area contributed by atoms with E-state index in [-0.39, 0.29) is 35.7 Å². The Balaban J connectivity index is 1.25. The minimum absolute atomic E-state index is 0.0539. The van der Waals surface area contributed by atoms with Crippen molar-refractivity contribution in [2.45, 2.75) is 58.2 Å². The summed E-state index contributed by atoms with van der Waals surface area (Å²) in [7, 11) is 0. The molecule has 7 nitrogen and oxygen atoms in total. The highest BCUT2D eigenvalue weighted by Gasteiger charge is 2.46. The molecule has 1 aliphatic carbocycles. The number of rotatable bonds is 9. The highest BCUT2D eigenvalue weighted by atomic mass is 19.1. The molecule has 3 aliphatic rings. The monoisotopic (exact) mass is 446 g/mol. The van der Waals surface area contributed by atoms with E-state index in [2.05, 4.69) is 15.1 Å². The summed E-state index contributed by atoms with van der Waals surface area (Å²) < 4.78 is 20.1. The largest absolute Gasteiger partial charge is 0.486 e. The van der Waals surface area contributed by atoms with Crippen LogP contribution in [0.25, 0.3) is 0 Å². The highest BCUT2D eigenvalue weighted by Crippen LogP contribution is 2.33. The molecule has 0 radical (unpaired) electrons. The fraction of sp³-hybridized carbons (Fsp3) is 0.667. The van der Waals surface area contributed by atoms with Crippen LogP contribution in [-0.4, -0.2) is 79.1 Å². The van der Waals surface area contributed by atoms with Crippen molar-refractivity contribution in [3.63, 3.8) is 0 Å². The molecule has 3 fully saturated rings. The van der Waals surface area contributed by atoms with Crippen molar-refractivity contribution in [3.8, 4) is 5.75 Å². The minimum Gasteiger partial charge on any atom is -0.486 e. The van der Waals surface area contributed by atoms with E-state index < -0.39 is 0 Å². The van der Waals surface area contributed by atoms with Gasteiger partial charge in [0, 0.05) is 38.8 Å². The van der Waals surface area contributed by atoms with Gasteiger partial charge >= 0.3 is 0 Å². The predicted molar refractivity (Wildman–Crippen MR) is 121 cm³/mol. The average molecular weight is 447 g/mol. The van der Waals surface area contributed by atoms with Crippen molar-refractivity contribution < 1.29 is 18.7 Å². The molecule has 32 heavy (non-hydrogen) atoms. The van der Waals surface area contributed by atoms with Gasteiger partial charge in [-0.05, 0) is 51.8 Å². The van der Waals surface area contributed by atoms with Gasteiger partial charge in [0.05, 0.1) is 23.8 Å². The summed E-state index contributed by atoms with van der Waals surface area (Å²) >= 11 is 0. The van der Waals surface area contributed by atoms with Gasteiger partial charge in [0.15, 0.2) is 11.6 Å². The van der Waals surface area contributed by atoms with Gasteiger partial charge in [0.2, 0.25) is 11.8 Å². The van der Waals surface area contributed by atoms with Crippen LogP contribution in [0.3, 0.4) is 0 Å². The van der Waals surface area contributed by atoms with E-state index in [4.69, 9.17) is 4.74 Å². The van der Waals surface area contributed by atoms with Crippen LogP contribution in [0.4, 0.5) is 10.1 Å². The molecule has 4 rings (SSSR count). The van der Waals surface area contributed by atoms with E-state index in [0.29, 0.717) is 18.3 Å². The average Bonchev–Trinajstić information content (AvgIpc) is 3.56. The number of anilines is 1. The summed E-state index contributed by atoms with van der Waals surface area (Å²) in [6, 6.07) is 5.12. The van der Waals surface area contributed by atoms with Crippen LogP contribution in [0.15, 0.2) is 18.2 Å². The van der Waals surface area contributed by atoms with Gasteiger partial charge < -0.3 is 15.0 Å². The number of hydrogen-bond acceptors (Lipinski definition) is 6. The lowest BCUT2D eigenvalue weighted by molar-refractivity contribution is -0.139. The maximum Gasteiger partial charge on any atom is 0.247 e. The van der Waals surface area contributed by atoms with E-state index in [1.165, 1.54) is 11.0 Å². The summed E-state index contributed by atoms with van der Waals surface area (Å²) in [6.07, 6.45) is 2.86. The van der Waals surface area contributed by atoms with Crippen LogP contribution in [0.5, 0.6) is 5.75 Å². The third-order valence-corrected chi connectivity index (χ3v) is 6.55. The lowest BCUT2D eigenvalue weighted by Gasteiger charge is -2.37. The molecule has 176 valence electrons. The van der Waals surface area contributed by atoms with Gasteiger partial charge in [0.1, 0.15) is 0 Å². The Morgan fingerprint density at radius 1 is 1.09 bits per heavy atom. The lowest BCUT2D eigenvalue weighted by atomic mass is 10.1. The number of ether oxygens (including phenoxy) is 1. The number of carbonyl (C=O) groups is 2. The van der Waals surface area contributed by atoms with Gasteiger partial charge in [0.25, 0.3) is 0 Å². The van der Waals surface area contributed by atoms with Crippen LogP contribution >= 0.6 is 0 Å². The molecule has 2 saturated heterocycles. The van der Waals surface area contributed by atoms with E-state index in [1.807, 2.05) is 26.8 Å². The number of piperazine rings is 1. The molecular formula is C24H35FN4O3. The van der Waals surface area contributed by atoms with Gasteiger partial charge in [-0.15, -0.1) is 0 Å². The number of likely N-dealkylation sites (tertiary alicyclic amines) is 1. The molecule has 2 aliphatic heterocycles. The molecule has 0 bridgehead atoms. The number of nitrogens with one attached hydrogen (secondary N) is 1. The van der Waals surface area contributed by atoms with Gasteiger partial charge in [-0.1, -0.05) is 13.0 Å². The molecular weight excluding hydrogens is 411 g/mol. The summed E-state index contributed by atoms with van der Waals surface area (Å²) in [5.41, 5.74) is 0.801. The Bertz CT molecular complexity index is 837. The molecule has 0 aromatic heterocycles. The van der Waals surface area contributed by atoms with Gasteiger partial charge in [-0.3, -0.25) is 19.4 Å². The molecule has 2 atom stereocenters. The Hall–Kier alpha value is -2.19. The number of hydrogen-bond donors (Lipinski definition) is 1. The second kappa shape index (κ2) is 9.75. The maximum atomic E-state index is 14.3. The molecule has 0 spiro atoms. The van der Waals surface area contributed by atoms with E-state index in [1.54, 1.807) is 6.07 Å². The predicted octanol–water partition coefficient (Wildman–Crippen LogP) is 2.25. The molecule has 2 amide bonds.